The van der Waals surface area contributed by atoms with Crippen molar-refractivity contribution in [1.29, 1.82) is 0 Å². The Kier molecular flexibility index (Phi) is 41.4. The second-order valence-electron chi connectivity index (χ2n) is 10.1. The minimum atomic E-state index is -2.52. The maximum atomic E-state index is 6.18. The maximum absolute atomic E-state index is 6.18. The van der Waals surface area contributed by atoms with Gasteiger partial charge in [-0.1, -0.05) is 55.4 Å². The first-order valence-corrected chi connectivity index (χ1v) is 18.8. The normalized spacial score (nSPS) is 18.1. The van der Waals surface area contributed by atoms with Gasteiger partial charge in [0.1, 0.15) is 0 Å². The average Bonchev–Trinajstić information content (AvgIpc) is 2.87. The van der Waals surface area contributed by atoms with Gasteiger partial charge in [-0.2, -0.15) is 54.0 Å². The van der Waals surface area contributed by atoms with Gasteiger partial charge in [0.05, 0.1) is 0 Å². The van der Waals surface area contributed by atoms with Crippen LogP contribution in [0, 0.1) is 0 Å². The zero-order valence-corrected chi connectivity index (χ0v) is 34.6. The Morgan fingerprint density at radius 3 is 0.525 bits per heavy atom. The molecule has 6 unspecified atom stereocenters. The molecule has 6 nitrogen and oxygen atoms in total. The topological polar surface area (TPSA) is 55.4 Å². The van der Waals surface area contributed by atoms with Crippen LogP contribution in [0.1, 0.15) is 135 Å². The SMILES string of the molecule is CCC(C)O[Si](CC)(OC(C)CC)OC(C)CC.CCC(C)O[Si](CC)(OC(C)CC)OC(C)CC.S.S.S.S. The Morgan fingerprint density at radius 2 is 0.450 bits per heavy atom. The van der Waals surface area contributed by atoms with Gasteiger partial charge in [-0.3, -0.25) is 0 Å². The summed E-state index contributed by atoms with van der Waals surface area (Å²) in [6, 6.07) is 1.68. The molecule has 6 atom stereocenters. The Bertz CT molecular complexity index is 423. The first-order chi connectivity index (χ1) is 16.8. The van der Waals surface area contributed by atoms with Crippen molar-refractivity contribution in [2.75, 3.05) is 0 Å². The van der Waals surface area contributed by atoms with Crippen LogP contribution in [0.25, 0.3) is 0 Å². The average molecular weight is 689 g/mol. The molecule has 0 rings (SSSR count). The third kappa shape index (κ3) is 24.0. The van der Waals surface area contributed by atoms with Gasteiger partial charge in [0.2, 0.25) is 0 Å². The lowest BCUT2D eigenvalue weighted by molar-refractivity contribution is -0.0108. The second kappa shape index (κ2) is 30.6. The fraction of sp³-hybridized carbons (Fsp3) is 1.00. The van der Waals surface area contributed by atoms with E-state index in [1.54, 1.807) is 0 Å². The zero-order chi connectivity index (χ0) is 28.4. The Morgan fingerprint density at radius 1 is 0.325 bits per heavy atom. The number of hydrogen-bond donors (Lipinski definition) is 0. The maximum Gasteiger partial charge on any atom is 0.501 e. The summed E-state index contributed by atoms with van der Waals surface area (Å²) in [6.45, 7) is 29.6. The lowest BCUT2D eigenvalue weighted by atomic mass is 10.3. The van der Waals surface area contributed by atoms with E-state index in [2.05, 4.69) is 96.9 Å². The first-order valence-electron chi connectivity index (χ1n) is 14.9. The molecular formula is C28H72O6S4Si2. The highest BCUT2D eigenvalue weighted by Crippen LogP contribution is 2.25. The smallest absolute Gasteiger partial charge is 0.371 e. The molecule has 12 heteroatoms. The molecule has 0 fully saturated rings. The predicted octanol–water partition coefficient (Wildman–Crippen LogP) is 9.23. The highest BCUT2D eigenvalue weighted by atomic mass is 32.1. The summed E-state index contributed by atoms with van der Waals surface area (Å²) in [4.78, 5) is 0. The van der Waals surface area contributed by atoms with Crippen LogP contribution in [-0.2, 0) is 26.6 Å². The largest absolute Gasteiger partial charge is 0.501 e. The van der Waals surface area contributed by atoms with Crippen LogP contribution in [0.4, 0.5) is 0 Å². The molecule has 0 amide bonds. The molecule has 0 saturated carbocycles. The molecule has 0 aliphatic rings. The van der Waals surface area contributed by atoms with Gasteiger partial charge in [0.25, 0.3) is 0 Å². The minimum absolute atomic E-state index is 0. The lowest BCUT2D eigenvalue weighted by Gasteiger charge is -2.35. The number of rotatable bonds is 20. The predicted molar refractivity (Wildman–Crippen MR) is 199 cm³/mol. The van der Waals surface area contributed by atoms with E-state index in [0.29, 0.717) is 0 Å². The van der Waals surface area contributed by atoms with Gasteiger partial charge in [0, 0.05) is 48.7 Å². The van der Waals surface area contributed by atoms with E-state index in [-0.39, 0.29) is 90.6 Å². The van der Waals surface area contributed by atoms with Gasteiger partial charge in [-0.05, 0) is 80.1 Å². The minimum Gasteiger partial charge on any atom is -0.371 e. The summed E-state index contributed by atoms with van der Waals surface area (Å²) in [5.41, 5.74) is 0. The van der Waals surface area contributed by atoms with Gasteiger partial charge in [-0.15, -0.1) is 0 Å². The molecule has 0 heterocycles. The van der Waals surface area contributed by atoms with Crippen LogP contribution in [0.3, 0.4) is 0 Å². The third-order valence-corrected chi connectivity index (χ3v) is 12.9. The van der Waals surface area contributed by atoms with Crippen LogP contribution in [0.15, 0.2) is 0 Å². The Balaban J connectivity index is -0.000000131. The second-order valence-corrected chi connectivity index (χ2v) is 15.7. The van der Waals surface area contributed by atoms with E-state index in [1.807, 2.05) is 0 Å². The third-order valence-electron chi connectivity index (χ3n) is 6.60. The molecule has 0 aromatic heterocycles. The highest BCUT2D eigenvalue weighted by Gasteiger charge is 2.44. The molecule has 0 aromatic carbocycles. The summed E-state index contributed by atoms with van der Waals surface area (Å²) in [6.07, 6.45) is 7.12. The van der Waals surface area contributed by atoms with Crippen LogP contribution >= 0.6 is 54.0 Å². The van der Waals surface area contributed by atoms with Crippen molar-refractivity contribution in [3.63, 3.8) is 0 Å². The summed E-state index contributed by atoms with van der Waals surface area (Å²) in [7, 11) is -5.04. The van der Waals surface area contributed by atoms with Gasteiger partial charge >= 0.3 is 17.6 Å². The van der Waals surface area contributed by atoms with Crippen molar-refractivity contribution >= 4 is 71.6 Å². The fourth-order valence-corrected chi connectivity index (χ4v) is 9.02. The van der Waals surface area contributed by atoms with Crippen molar-refractivity contribution in [2.45, 2.75) is 184 Å². The van der Waals surface area contributed by atoms with Crippen molar-refractivity contribution in [1.82, 2.24) is 0 Å². The van der Waals surface area contributed by atoms with Crippen LogP contribution in [0.5, 0.6) is 0 Å². The summed E-state index contributed by atoms with van der Waals surface area (Å²) in [5.74, 6) is 0. The molecule has 252 valence electrons. The van der Waals surface area contributed by atoms with Gasteiger partial charge in [-0.25, -0.2) is 0 Å². The van der Waals surface area contributed by atoms with Crippen LogP contribution in [0.2, 0.25) is 12.1 Å². The van der Waals surface area contributed by atoms with Crippen molar-refractivity contribution in [2.24, 2.45) is 0 Å². The van der Waals surface area contributed by atoms with Gasteiger partial charge < -0.3 is 26.6 Å². The summed E-state index contributed by atoms with van der Waals surface area (Å²) < 4.78 is 37.1. The molecule has 0 aliphatic heterocycles. The van der Waals surface area contributed by atoms with Crippen molar-refractivity contribution < 1.29 is 26.6 Å². The van der Waals surface area contributed by atoms with Crippen molar-refractivity contribution in [3.8, 4) is 0 Å². The van der Waals surface area contributed by atoms with E-state index in [9.17, 15) is 0 Å². The molecule has 0 N–H and O–H groups in total. The highest BCUT2D eigenvalue weighted by molar-refractivity contribution is 7.59. The monoisotopic (exact) mass is 688 g/mol. The van der Waals surface area contributed by atoms with Crippen LogP contribution < -0.4 is 0 Å². The first kappa shape index (κ1) is 54.1. The van der Waals surface area contributed by atoms with E-state index < -0.39 is 17.6 Å². The quantitative estimate of drug-likeness (QED) is 0.119. The molecule has 0 radical (unpaired) electrons. The molecular weight excluding hydrogens is 617 g/mol. The summed E-state index contributed by atoms with van der Waals surface area (Å²) >= 11 is 0. The van der Waals surface area contributed by atoms with E-state index >= 15 is 0 Å². The molecule has 0 bridgehead atoms. The van der Waals surface area contributed by atoms with Crippen molar-refractivity contribution in [3.05, 3.63) is 0 Å². The zero-order valence-electron chi connectivity index (χ0n) is 28.6. The van der Waals surface area contributed by atoms with E-state index in [0.717, 1.165) is 50.6 Å². The van der Waals surface area contributed by atoms with Crippen LogP contribution in [-0.4, -0.2) is 54.2 Å². The van der Waals surface area contributed by atoms with Gasteiger partial charge in [0.15, 0.2) is 0 Å². The fourth-order valence-electron chi connectivity index (χ4n) is 3.01. The summed E-state index contributed by atoms with van der Waals surface area (Å²) in [5, 5.41) is 0. The number of hydrogen-bond acceptors (Lipinski definition) is 6. The molecule has 0 aliphatic carbocycles. The molecule has 40 heavy (non-hydrogen) atoms. The Labute approximate surface area is 281 Å². The molecule has 0 spiro atoms. The van der Waals surface area contributed by atoms with E-state index in [1.165, 1.54) is 0 Å². The van der Waals surface area contributed by atoms with E-state index in [4.69, 9.17) is 26.6 Å². The molecule has 0 aromatic rings. The lowest BCUT2D eigenvalue weighted by Crippen LogP contribution is -2.51. The standard InChI is InChI=1S/2C14H32O3Si.4H2S/c2*1-8-12(5)15-18(11-4,16-13(6)9-2)17-14(7)10-3;;;;/h2*12-14H,8-11H2,1-7H3;4*1H2. The molecule has 0 saturated heterocycles. The Hall–Kier alpha value is 1.59.